The number of nitrogens with two attached hydrogens (primary N) is 1. The van der Waals surface area contributed by atoms with Gasteiger partial charge in [0.15, 0.2) is 0 Å². The molecule has 0 saturated heterocycles. The SMILES string of the molecule is Cc1ccc(C(F)F)cc1NN. The monoisotopic (exact) mass is 172 g/mol. The fraction of sp³-hybridized carbons (Fsp3) is 0.250. The molecule has 1 rings (SSSR count). The van der Waals surface area contributed by atoms with Gasteiger partial charge in [0.1, 0.15) is 0 Å². The number of benzene rings is 1. The molecule has 0 atom stereocenters. The van der Waals surface area contributed by atoms with Crippen LogP contribution in [-0.2, 0) is 0 Å². The quantitative estimate of drug-likeness (QED) is 0.530. The average Bonchev–Trinajstić information content (AvgIpc) is 2.05. The first-order chi connectivity index (χ1) is 5.65. The second-order valence-electron chi connectivity index (χ2n) is 2.52. The van der Waals surface area contributed by atoms with E-state index >= 15 is 0 Å². The lowest BCUT2D eigenvalue weighted by Gasteiger charge is -2.06. The highest BCUT2D eigenvalue weighted by Gasteiger charge is 2.07. The standard InChI is InChI=1S/C8H10F2N2/c1-5-2-3-6(8(9)10)4-7(5)12-11/h2-4,8,12H,11H2,1H3. The zero-order chi connectivity index (χ0) is 9.14. The molecule has 4 heteroatoms. The minimum atomic E-state index is -2.45. The maximum Gasteiger partial charge on any atom is 0.263 e. The summed E-state index contributed by atoms with van der Waals surface area (Å²) < 4.78 is 24.3. The molecule has 0 heterocycles. The summed E-state index contributed by atoms with van der Waals surface area (Å²) in [4.78, 5) is 0. The van der Waals surface area contributed by atoms with Crippen molar-refractivity contribution >= 4 is 5.69 Å². The van der Waals surface area contributed by atoms with E-state index < -0.39 is 6.43 Å². The number of aryl methyl sites for hydroxylation is 1. The Labute approximate surface area is 69.4 Å². The second-order valence-corrected chi connectivity index (χ2v) is 2.52. The Balaban J connectivity index is 3.05. The smallest absolute Gasteiger partial charge is 0.263 e. The van der Waals surface area contributed by atoms with Gasteiger partial charge in [0.05, 0.1) is 5.69 Å². The molecular formula is C8H10F2N2. The molecule has 0 aliphatic rings. The van der Waals surface area contributed by atoms with Crippen LogP contribution in [0.4, 0.5) is 14.5 Å². The first-order valence-corrected chi connectivity index (χ1v) is 3.50. The van der Waals surface area contributed by atoms with Crippen molar-refractivity contribution in [2.45, 2.75) is 13.3 Å². The molecule has 0 bridgehead atoms. The van der Waals surface area contributed by atoms with E-state index in [1.807, 2.05) is 0 Å². The molecule has 0 aliphatic heterocycles. The van der Waals surface area contributed by atoms with Crippen molar-refractivity contribution in [1.29, 1.82) is 0 Å². The van der Waals surface area contributed by atoms with Crippen molar-refractivity contribution in [2.24, 2.45) is 5.84 Å². The second kappa shape index (κ2) is 3.49. The third kappa shape index (κ3) is 1.71. The van der Waals surface area contributed by atoms with Crippen LogP contribution in [0.25, 0.3) is 0 Å². The first-order valence-electron chi connectivity index (χ1n) is 3.50. The van der Waals surface area contributed by atoms with Crippen molar-refractivity contribution in [2.75, 3.05) is 5.43 Å². The van der Waals surface area contributed by atoms with Crippen LogP contribution < -0.4 is 11.3 Å². The minimum absolute atomic E-state index is 0.0199. The normalized spacial score (nSPS) is 10.4. The highest BCUT2D eigenvalue weighted by molar-refractivity contribution is 5.51. The van der Waals surface area contributed by atoms with E-state index in [4.69, 9.17) is 5.84 Å². The Hall–Kier alpha value is -1.16. The topological polar surface area (TPSA) is 38.0 Å². The molecule has 66 valence electrons. The molecule has 1 aromatic rings. The summed E-state index contributed by atoms with van der Waals surface area (Å²) in [6, 6.07) is 4.34. The van der Waals surface area contributed by atoms with E-state index in [1.165, 1.54) is 12.1 Å². The van der Waals surface area contributed by atoms with Crippen LogP contribution >= 0.6 is 0 Å². The molecule has 0 saturated carbocycles. The molecule has 0 aromatic heterocycles. The first kappa shape index (κ1) is 8.93. The Bertz CT molecular complexity index is 274. The summed E-state index contributed by atoms with van der Waals surface area (Å²) in [5.74, 6) is 5.12. The summed E-state index contributed by atoms with van der Waals surface area (Å²) in [5, 5.41) is 0. The highest BCUT2D eigenvalue weighted by atomic mass is 19.3. The predicted octanol–water partition coefficient (Wildman–Crippen LogP) is 2.22. The Morgan fingerprint density at radius 1 is 1.42 bits per heavy atom. The number of rotatable bonds is 2. The van der Waals surface area contributed by atoms with Crippen LogP contribution in [-0.4, -0.2) is 0 Å². The molecule has 12 heavy (non-hydrogen) atoms. The summed E-state index contributed by atoms with van der Waals surface area (Å²) in [6.45, 7) is 1.80. The van der Waals surface area contributed by atoms with Crippen molar-refractivity contribution in [1.82, 2.24) is 0 Å². The van der Waals surface area contributed by atoms with E-state index in [0.717, 1.165) is 5.56 Å². The van der Waals surface area contributed by atoms with E-state index in [1.54, 1.807) is 13.0 Å². The van der Waals surface area contributed by atoms with Crippen LogP contribution in [0.1, 0.15) is 17.6 Å². The molecule has 0 radical (unpaired) electrons. The maximum absolute atomic E-state index is 12.1. The van der Waals surface area contributed by atoms with Gasteiger partial charge in [-0.05, 0) is 18.6 Å². The van der Waals surface area contributed by atoms with Crippen molar-refractivity contribution in [3.05, 3.63) is 29.3 Å². The minimum Gasteiger partial charge on any atom is -0.324 e. The highest BCUT2D eigenvalue weighted by Crippen LogP contribution is 2.23. The molecule has 0 aliphatic carbocycles. The fourth-order valence-corrected chi connectivity index (χ4v) is 0.931. The molecule has 2 nitrogen and oxygen atoms in total. The zero-order valence-electron chi connectivity index (χ0n) is 6.64. The van der Waals surface area contributed by atoms with Crippen LogP contribution in [0.5, 0.6) is 0 Å². The summed E-state index contributed by atoms with van der Waals surface area (Å²) in [5.41, 5.74) is 3.72. The number of hydrazine groups is 1. The van der Waals surface area contributed by atoms with Gasteiger partial charge < -0.3 is 5.43 Å². The Morgan fingerprint density at radius 3 is 2.58 bits per heavy atom. The number of nitrogen functional groups attached to an aromatic ring is 1. The summed E-state index contributed by atoms with van der Waals surface area (Å²) in [7, 11) is 0. The van der Waals surface area contributed by atoms with Gasteiger partial charge in [0.2, 0.25) is 0 Å². The number of halogens is 2. The molecule has 0 spiro atoms. The number of alkyl halides is 2. The molecule has 0 amide bonds. The van der Waals surface area contributed by atoms with Gasteiger partial charge in [0.25, 0.3) is 6.43 Å². The third-order valence-electron chi connectivity index (χ3n) is 1.67. The van der Waals surface area contributed by atoms with Crippen LogP contribution in [0, 0.1) is 6.92 Å². The molecule has 3 N–H and O–H groups in total. The van der Waals surface area contributed by atoms with E-state index in [-0.39, 0.29) is 5.56 Å². The Morgan fingerprint density at radius 2 is 2.08 bits per heavy atom. The van der Waals surface area contributed by atoms with Crippen LogP contribution in [0.15, 0.2) is 18.2 Å². The fourth-order valence-electron chi connectivity index (χ4n) is 0.931. The maximum atomic E-state index is 12.1. The van der Waals surface area contributed by atoms with Crippen molar-refractivity contribution in [3.8, 4) is 0 Å². The lowest BCUT2D eigenvalue weighted by atomic mass is 10.1. The summed E-state index contributed by atoms with van der Waals surface area (Å²) >= 11 is 0. The van der Waals surface area contributed by atoms with Gasteiger partial charge in [-0.2, -0.15) is 0 Å². The largest absolute Gasteiger partial charge is 0.324 e. The molecule has 0 fully saturated rings. The number of nitrogens with one attached hydrogen (secondary N) is 1. The third-order valence-corrected chi connectivity index (χ3v) is 1.67. The predicted molar refractivity (Wildman–Crippen MR) is 43.9 cm³/mol. The van der Waals surface area contributed by atoms with Crippen LogP contribution in [0.2, 0.25) is 0 Å². The van der Waals surface area contributed by atoms with Gasteiger partial charge in [-0.25, -0.2) is 8.78 Å². The van der Waals surface area contributed by atoms with Gasteiger partial charge in [-0.1, -0.05) is 12.1 Å². The van der Waals surface area contributed by atoms with Gasteiger partial charge in [-0.3, -0.25) is 5.84 Å². The van der Waals surface area contributed by atoms with Gasteiger partial charge in [-0.15, -0.1) is 0 Å². The molecule has 1 aromatic carbocycles. The number of hydrogen-bond donors (Lipinski definition) is 2. The van der Waals surface area contributed by atoms with Gasteiger partial charge >= 0.3 is 0 Å². The average molecular weight is 172 g/mol. The lowest BCUT2D eigenvalue weighted by molar-refractivity contribution is 0.151. The van der Waals surface area contributed by atoms with E-state index in [9.17, 15) is 8.78 Å². The van der Waals surface area contributed by atoms with E-state index in [0.29, 0.717) is 5.69 Å². The molecular weight excluding hydrogens is 162 g/mol. The summed E-state index contributed by atoms with van der Waals surface area (Å²) in [6.07, 6.45) is -2.45. The molecule has 0 unspecified atom stereocenters. The lowest BCUT2D eigenvalue weighted by Crippen LogP contribution is -2.08. The van der Waals surface area contributed by atoms with Crippen molar-refractivity contribution < 1.29 is 8.78 Å². The van der Waals surface area contributed by atoms with Crippen molar-refractivity contribution in [3.63, 3.8) is 0 Å². The number of hydrogen-bond acceptors (Lipinski definition) is 2. The Kier molecular flexibility index (Phi) is 2.60. The zero-order valence-corrected chi connectivity index (χ0v) is 6.64. The van der Waals surface area contributed by atoms with Crippen LogP contribution in [0.3, 0.4) is 0 Å². The van der Waals surface area contributed by atoms with E-state index in [2.05, 4.69) is 5.43 Å². The number of anilines is 1. The van der Waals surface area contributed by atoms with Gasteiger partial charge in [0, 0.05) is 5.56 Å².